The number of carbonyl (C=O) groups excluding carboxylic acids is 2. The molecule has 1 aromatic rings. The Morgan fingerprint density at radius 3 is 2.41 bits per heavy atom. The fraction of sp³-hybridized carbons (Fsp3) is 0.500. The van der Waals surface area contributed by atoms with E-state index in [0.717, 1.165) is 61.9 Å². The Labute approximate surface area is 226 Å². The number of hydrazone groups is 1. The predicted octanol–water partition coefficient (Wildman–Crippen LogP) is 1.19. The van der Waals surface area contributed by atoms with Gasteiger partial charge in [0.05, 0.1) is 18.9 Å². The van der Waals surface area contributed by atoms with Crippen molar-refractivity contribution in [2.45, 2.75) is 19.8 Å². The average molecular weight is 546 g/mol. The molecule has 1 aromatic carbocycles. The van der Waals surface area contributed by atoms with Crippen LogP contribution in [-0.2, 0) is 14.4 Å². The number of amides is 3. The van der Waals surface area contributed by atoms with Crippen LogP contribution in [0.5, 0.6) is 11.5 Å². The topological polar surface area (TPSA) is 153 Å². The van der Waals surface area contributed by atoms with Gasteiger partial charge in [0.15, 0.2) is 0 Å². The van der Waals surface area contributed by atoms with Crippen LogP contribution in [0.3, 0.4) is 0 Å². The number of urea groups is 1. The fourth-order valence-corrected chi connectivity index (χ4v) is 4.25. The van der Waals surface area contributed by atoms with Crippen molar-refractivity contribution in [1.82, 2.24) is 19.7 Å². The summed E-state index contributed by atoms with van der Waals surface area (Å²) in [6, 6.07) is 5.26. The summed E-state index contributed by atoms with van der Waals surface area (Å²) in [7, 11) is 2.13. The molecule has 0 bridgehead atoms. The number of imide groups is 1. The van der Waals surface area contributed by atoms with E-state index in [1.54, 1.807) is 0 Å². The maximum Gasteiger partial charge on any atom is 0.347 e. The number of carboxylic acids is 2. The molecular formula is C26H35N5O8. The molecular weight excluding hydrogens is 510 g/mol. The van der Waals surface area contributed by atoms with Gasteiger partial charge in [0, 0.05) is 56.9 Å². The second kappa shape index (κ2) is 14.3. The Balaban J connectivity index is 0.000000459. The van der Waals surface area contributed by atoms with Crippen molar-refractivity contribution in [3.8, 4) is 11.5 Å². The molecule has 0 atom stereocenters. The maximum absolute atomic E-state index is 12.8. The molecule has 0 radical (unpaired) electrons. The lowest BCUT2D eigenvalue weighted by molar-refractivity contribution is -0.134. The van der Waals surface area contributed by atoms with E-state index in [1.807, 2.05) is 25.1 Å². The van der Waals surface area contributed by atoms with Gasteiger partial charge in [0.1, 0.15) is 18.0 Å². The molecule has 0 spiro atoms. The summed E-state index contributed by atoms with van der Waals surface area (Å²) in [6.07, 6.45) is 2.47. The Morgan fingerprint density at radius 2 is 1.77 bits per heavy atom. The SMILES string of the molecule is CCOc1ccc2c(c1)/C(=N/N1CC(=O)N(CCCN3CCN(C)CC3)C1=O)CCO2.O=C(O)/C=C/C(=O)O. The third-order valence-corrected chi connectivity index (χ3v) is 6.27. The van der Waals surface area contributed by atoms with E-state index in [4.69, 9.17) is 19.7 Å². The van der Waals surface area contributed by atoms with Crippen molar-refractivity contribution in [1.29, 1.82) is 0 Å². The van der Waals surface area contributed by atoms with Crippen molar-refractivity contribution < 1.29 is 38.9 Å². The second-order valence-corrected chi connectivity index (χ2v) is 9.13. The van der Waals surface area contributed by atoms with Crippen LogP contribution in [0.25, 0.3) is 0 Å². The molecule has 4 rings (SSSR count). The minimum atomic E-state index is -1.26. The molecule has 3 aliphatic heterocycles. The van der Waals surface area contributed by atoms with Gasteiger partial charge in [-0.25, -0.2) is 19.4 Å². The Kier molecular flexibility index (Phi) is 10.8. The smallest absolute Gasteiger partial charge is 0.347 e. The highest BCUT2D eigenvalue weighted by molar-refractivity contribution is 6.06. The van der Waals surface area contributed by atoms with E-state index in [2.05, 4.69) is 21.9 Å². The molecule has 3 aliphatic rings. The highest BCUT2D eigenvalue weighted by Gasteiger charge is 2.36. The van der Waals surface area contributed by atoms with Crippen LogP contribution in [0.1, 0.15) is 25.3 Å². The molecule has 0 aliphatic carbocycles. The minimum absolute atomic E-state index is 0.0157. The normalized spacial score (nSPS) is 19.1. The van der Waals surface area contributed by atoms with Gasteiger partial charge < -0.3 is 29.5 Å². The number of hydrogen-bond acceptors (Lipinski definition) is 9. The summed E-state index contributed by atoms with van der Waals surface area (Å²) in [5, 5.41) is 21.5. The lowest BCUT2D eigenvalue weighted by atomic mass is 10.0. The van der Waals surface area contributed by atoms with E-state index >= 15 is 0 Å². The number of likely N-dealkylation sites (N-methyl/N-ethyl adjacent to an activating group) is 1. The second-order valence-electron chi connectivity index (χ2n) is 9.13. The number of carbonyl (C=O) groups is 4. The van der Waals surface area contributed by atoms with Gasteiger partial charge in [-0.3, -0.25) is 9.69 Å². The molecule has 0 saturated carbocycles. The number of hydrogen-bond donors (Lipinski definition) is 2. The zero-order valence-corrected chi connectivity index (χ0v) is 22.2. The van der Waals surface area contributed by atoms with Crippen LogP contribution < -0.4 is 9.47 Å². The average Bonchev–Trinajstić information content (AvgIpc) is 3.17. The van der Waals surface area contributed by atoms with Gasteiger partial charge in [-0.15, -0.1) is 0 Å². The molecule has 13 nitrogen and oxygen atoms in total. The number of benzene rings is 1. The third-order valence-electron chi connectivity index (χ3n) is 6.27. The first-order valence-corrected chi connectivity index (χ1v) is 12.8. The Hall–Kier alpha value is -3.97. The maximum atomic E-state index is 12.8. The molecule has 3 amide bonds. The summed E-state index contributed by atoms with van der Waals surface area (Å²) in [5.41, 5.74) is 1.55. The number of ether oxygens (including phenoxy) is 2. The van der Waals surface area contributed by atoms with Gasteiger partial charge in [-0.2, -0.15) is 5.10 Å². The first kappa shape index (κ1) is 29.6. The summed E-state index contributed by atoms with van der Waals surface area (Å²) in [6.45, 7) is 8.47. The Morgan fingerprint density at radius 1 is 1.08 bits per heavy atom. The summed E-state index contributed by atoms with van der Waals surface area (Å²) < 4.78 is 11.3. The van der Waals surface area contributed by atoms with Gasteiger partial charge in [-0.1, -0.05) is 0 Å². The number of rotatable bonds is 9. The van der Waals surface area contributed by atoms with Crippen LogP contribution in [0.4, 0.5) is 4.79 Å². The molecule has 212 valence electrons. The zero-order valence-electron chi connectivity index (χ0n) is 22.2. The zero-order chi connectivity index (χ0) is 28.4. The third kappa shape index (κ3) is 8.79. The van der Waals surface area contributed by atoms with Crippen LogP contribution in [-0.4, -0.2) is 126 Å². The molecule has 2 N–H and O–H groups in total. The molecule has 0 aromatic heterocycles. The van der Waals surface area contributed by atoms with Crippen LogP contribution in [0.2, 0.25) is 0 Å². The highest BCUT2D eigenvalue weighted by atomic mass is 16.5. The van der Waals surface area contributed by atoms with E-state index in [-0.39, 0.29) is 18.5 Å². The van der Waals surface area contributed by atoms with Crippen LogP contribution in [0.15, 0.2) is 35.5 Å². The number of piperazine rings is 1. The summed E-state index contributed by atoms with van der Waals surface area (Å²) in [4.78, 5) is 50.5. The summed E-state index contributed by atoms with van der Waals surface area (Å²) >= 11 is 0. The monoisotopic (exact) mass is 545 g/mol. The number of carboxylic acid groups (broad SMARTS) is 2. The minimum Gasteiger partial charge on any atom is -0.494 e. The van der Waals surface area contributed by atoms with E-state index in [1.165, 1.54) is 9.91 Å². The van der Waals surface area contributed by atoms with E-state index in [0.29, 0.717) is 38.3 Å². The molecule has 2 saturated heterocycles. The van der Waals surface area contributed by atoms with Crippen molar-refractivity contribution in [2.24, 2.45) is 5.10 Å². The first-order valence-electron chi connectivity index (χ1n) is 12.8. The standard InChI is InChI=1S/C22H31N5O4.C4H4O4/c1-3-30-17-5-6-20-18(15-17)19(7-14-31-20)23-27-16-21(28)26(22(27)29)9-4-8-25-12-10-24(2)11-13-25;5-3(6)1-2-4(7)8/h5-6,15H,3-4,7-14,16H2,1-2H3;1-2H,(H,5,6)(H,7,8)/b23-19+;2-1+. The quantitative estimate of drug-likeness (QED) is 0.342. The summed E-state index contributed by atoms with van der Waals surface area (Å²) in [5.74, 6) is -1.26. The number of nitrogens with zero attached hydrogens (tertiary/aromatic N) is 5. The fourth-order valence-electron chi connectivity index (χ4n) is 4.25. The first-order chi connectivity index (χ1) is 18.7. The molecule has 0 unspecified atom stereocenters. The largest absolute Gasteiger partial charge is 0.494 e. The Bertz CT molecular complexity index is 1100. The van der Waals surface area contributed by atoms with Gasteiger partial charge in [0.2, 0.25) is 0 Å². The van der Waals surface area contributed by atoms with E-state index < -0.39 is 11.9 Å². The lowest BCUT2D eigenvalue weighted by Crippen LogP contribution is -2.45. The van der Waals surface area contributed by atoms with Crippen LogP contribution in [0, 0.1) is 0 Å². The van der Waals surface area contributed by atoms with Gasteiger partial charge in [0.25, 0.3) is 5.91 Å². The predicted molar refractivity (Wildman–Crippen MR) is 141 cm³/mol. The van der Waals surface area contributed by atoms with Gasteiger partial charge in [-0.05, 0) is 45.1 Å². The lowest BCUT2D eigenvalue weighted by Gasteiger charge is -2.32. The van der Waals surface area contributed by atoms with Crippen molar-refractivity contribution in [3.63, 3.8) is 0 Å². The highest BCUT2D eigenvalue weighted by Crippen LogP contribution is 2.30. The molecule has 13 heteroatoms. The molecule has 39 heavy (non-hydrogen) atoms. The van der Waals surface area contributed by atoms with Crippen molar-refractivity contribution >= 4 is 29.6 Å². The molecule has 2 fully saturated rings. The molecule has 3 heterocycles. The van der Waals surface area contributed by atoms with Gasteiger partial charge >= 0.3 is 18.0 Å². The number of aliphatic carboxylic acids is 2. The van der Waals surface area contributed by atoms with E-state index in [9.17, 15) is 19.2 Å². The van der Waals surface area contributed by atoms with Crippen molar-refractivity contribution in [2.75, 3.05) is 66.1 Å². The number of fused-ring (bicyclic) bond motifs is 1. The van der Waals surface area contributed by atoms with Crippen molar-refractivity contribution in [3.05, 3.63) is 35.9 Å². The van der Waals surface area contributed by atoms with Crippen LogP contribution >= 0.6 is 0 Å².